The lowest BCUT2D eigenvalue weighted by Gasteiger charge is -2.23. The van der Waals surface area contributed by atoms with Crippen molar-refractivity contribution >= 4 is 0 Å². The lowest BCUT2D eigenvalue weighted by Crippen LogP contribution is -2.35. The summed E-state index contributed by atoms with van der Waals surface area (Å²) in [4.78, 5) is 0. The van der Waals surface area contributed by atoms with Crippen molar-refractivity contribution in [3.8, 4) is 11.8 Å². The zero-order chi connectivity index (χ0) is 13.0. The van der Waals surface area contributed by atoms with Gasteiger partial charge in [0.1, 0.15) is 6.07 Å². The summed E-state index contributed by atoms with van der Waals surface area (Å²) in [6.45, 7) is 1.02. The Morgan fingerprint density at radius 2 is 2.33 bits per heavy atom. The van der Waals surface area contributed by atoms with Crippen molar-refractivity contribution in [2.75, 3.05) is 13.7 Å². The summed E-state index contributed by atoms with van der Waals surface area (Å²) in [6, 6.07) is 5.56. The number of methoxy groups -OCH3 is 1. The predicted octanol–water partition coefficient (Wildman–Crippen LogP) is 2.39. The number of nitriles is 1. The van der Waals surface area contributed by atoms with Gasteiger partial charge < -0.3 is 10.1 Å². The number of piperidine rings is 1. The van der Waals surface area contributed by atoms with E-state index in [1.54, 1.807) is 6.07 Å². The Hall–Kier alpha value is -1.60. The molecule has 0 bridgehead atoms. The predicted molar refractivity (Wildman–Crippen MR) is 67.0 cm³/mol. The van der Waals surface area contributed by atoms with E-state index in [1.807, 2.05) is 6.07 Å². The molecular formula is C14H17FN2O. The van der Waals surface area contributed by atoms with Crippen LogP contribution in [0.3, 0.4) is 0 Å². The molecule has 0 saturated carbocycles. The Kier molecular flexibility index (Phi) is 4.16. The van der Waals surface area contributed by atoms with Crippen LogP contribution in [0.5, 0.6) is 5.75 Å². The molecule has 0 radical (unpaired) electrons. The third-order valence-electron chi connectivity index (χ3n) is 3.32. The van der Waals surface area contributed by atoms with Crippen molar-refractivity contribution in [2.45, 2.75) is 31.7 Å². The standard InChI is InChI=1S/C14H17FN2O/c1-18-14-11(9-16)6-10(8-13(14)15)7-12-4-2-3-5-17-12/h6,8,12,17H,2-5,7H2,1H3. The maximum absolute atomic E-state index is 13.8. The van der Waals surface area contributed by atoms with Crippen LogP contribution in [0.25, 0.3) is 0 Å². The molecule has 0 aromatic heterocycles. The van der Waals surface area contributed by atoms with Crippen LogP contribution >= 0.6 is 0 Å². The molecule has 0 amide bonds. The molecule has 1 aromatic rings. The smallest absolute Gasteiger partial charge is 0.172 e. The van der Waals surface area contributed by atoms with Crippen LogP contribution in [-0.4, -0.2) is 19.7 Å². The highest BCUT2D eigenvalue weighted by atomic mass is 19.1. The first kappa shape index (κ1) is 12.8. The minimum atomic E-state index is -0.456. The molecule has 1 atom stereocenters. The van der Waals surface area contributed by atoms with E-state index in [2.05, 4.69) is 5.32 Å². The number of benzene rings is 1. The first-order valence-corrected chi connectivity index (χ1v) is 6.24. The van der Waals surface area contributed by atoms with Crippen molar-refractivity contribution < 1.29 is 9.13 Å². The second-order valence-corrected chi connectivity index (χ2v) is 4.62. The van der Waals surface area contributed by atoms with Gasteiger partial charge in [-0.05, 0) is 43.5 Å². The summed E-state index contributed by atoms with van der Waals surface area (Å²) in [5, 5.41) is 12.4. The van der Waals surface area contributed by atoms with E-state index in [1.165, 1.54) is 26.0 Å². The minimum absolute atomic E-state index is 0.0397. The van der Waals surface area contributed by atoms with Crippen LogP contribution in [0.15, 0.2) is 12.1 Å². The first-order valence-electron chi connectivity index (χ1n) is 6.24. The van der Waals surface area contributed by atoms with Crippen LogP contribution in [-0.2, 0) is 6.42 Å². The molecule has 1 saturated heterocycles. The third-order valence-corrected chi connectivity index (χ3v) is 3.32. The fourth-order valence-electron chi connectivity index (χ4n) is 2.44. The molecule has 1 aromatic carbocycles. The molecule has 4 heteroatoms. The number of nitrogens with one attached hydrogen (secondary N) is 1. The van der Waals surface area contributed by atoms with Crippen molar-refractivity contribution in [1.29, 1.82) is 5.26 Å². The molecule has 1 aliphatic rings. The van der Waals surface area contributed by atoms with Crippen molar-refractivity contribution in [3.05, 3.63) is 29.1 Å². The number of hydrogen-bond donors (Lipinski definition) is 1. The van der Waals surface area contributed by atoms with Crippen molar-refractivity contribution in [1.82, 2.24) is 5.32 Å². The summed E-state index contributed by atoms with van der Waals surface area (Å²) in [5.74, 6) is -0.416. The van der Waals surface area contributed by atoms with Gasteiger partial charge >= 0.3 is 0 Å². The van der Waals surface area contributed by atoms with E-state index in [0.717, 1.165) is 24.9 Å². The Labute approximate surface area is 107 Å². The summed E-state index contributed by atoms with van der Waals surface area (Å²) in [5.41, 5.74) is 1.12. The summed E-state index contributed by atoms with van der Waals surface area (Å²) in [7, 11) is 1.38. The number of hydrogen-bond acceptors (Lipinski definition) is 3. The van der Waals surface area contributed by atoms with Gasteiger partial charge in [-0.15, -0.1) is 0 Å². The first-order chi connectivity index (χ1) is 8.74. The minimum Gasteiger partial charge on any atom is -0.492 e. The van der Waals surface area contributed by atoms with Gasteiger partial charge in [-0.1, -0.05) is 6.42 Å². The zero-order valence-corrected chi connectivity index (χ0v) is 10.5. The number of nitrogens with zero attached hydrogens (tertiary/aromatic N) is 1. The monoisotopic (exact) mass is 248 g/mol. The fourth-order valence-corrected chi connectivity index (χ4v) is 2.44. The van der Waals surface area contributed by atoms with Crippen LogP contribution in [0.2, 0.25) is 0 Å². The Morgan fingerprint density at radius 1 is 1.50 bits per heavy atom. The summed E-state index contributed by atoms with van der Waals surface area (Å²) in [6.07, 6.45) is 4.28. The largest absolute Gasteiger partial charge is 0.492 e. The Bertz CT molecular complexity index is 462. The van der Waals surface area contributed by atoms with E-state index in [0.29, 0.717) is 6.04 Å². The lowest BCUT2D eigenvalue weighted by molar-refractivity contribution is 0.382. The average molecular weight is 248 g/mol. The molecule has 1 fully saturated rings. The maximum Gasteiger partial charge on any atom is 0.172 e. The van der Waals surface area contributed by atoms with Crippen molar-refractivity contribution in [2.24, 2.45) is 0 Å². The van der Waals surface area contributed by atoms with Gasteiger partial charge in [0.05, 0.1) is 12.7 Å². The Balaban J connectivity index is 2.18. The topological polar surface area (TPSA) is 45.0 Å². The highest BCUT2D eigenvalue weighted by Gasteiger charge is 2.16. The molecule has 1 aliphatic heterocycles. The summed E-state index contributed by atoms with van der Waals surface area (Å²) < 4.78 is 18.7. The van der Waals surface area contributed by atoms with Crippen LogP contribution in [0.1, 0.15) is 30.4 Å². The number of halogens is 1. The lowest BCUT2D eigenvalue weighted by atomic mass is 9.96. The van der Waals surface area contributed by atoms with Gasteiger partial charge in [0, 0.05) is 6.04 Å². The van der Waals surface area contributed by atoms with Crippen LogP contribution < -0.4 is 10.1 Å². The second-order valence-electron chi connectivity index (χ2n) is 4.62. The highest BCUT2D eigenvalue weighted by Crippen LogP contribution is 2.25. The molecule has 2 rings (SSSR count). The highest BCUT2D eigenvalue weighted by molar-refractivity contribution is 5.46. The fraction of sp³-hybridized carbons (Fsp3) is 0.500. The van der Waals surface area contributed by atoms with E-state index < -0.39 is 5.82 Å². The maximum atomic E-state index is 13.8. The Morgan fingerprint density at radius 3 is 2.94 bits per heavy atom. The molecule has 0 spiro atoms. The van der Waals surface area contributed by atoms with Gasteiger partial charge in [-0.25, -0.2) is 4.39 Å². The van der Waals surface area contributed by atoms with Gasteiger partial charge in [0.2, 0.25) is 0 Å². The SMILES string of the molecule is COc1c(F)cc(CC2CCCCN2)cc1C#N. The molecular weight excluding hydrogens is 231 g/mol. The van der Waals surface area contributed by atoms with Gasteiger partial charge in [0.15, 0.2) is 11.6 Å². The van der Waals surface area contributed by atoms with Gasteiger partial charge in [-0.2, -0.15) is 5.26 Å². The molecule has 96 valence electrons. The zero-order valence-electron chi connectivity index (χ0n) is 10.5. The molecule has 0 aliphatic carbocycles. The van der Waals surface area contributed by atoms with Crippen LogP contribution in [0, 0.1) is 17.1 Å². The number of rotatable bonds is 3. The second kappa shape index (κ2) is 5.83. The molecule has 3 nitrogen and oxygen atoms in total. The van der Waals surface area contributed by atoms with E-state index in [9.17, 15) is 4.39 Å². The number of ether oxygens (including phenoxy) is 1. The average Bonchev–Trinajstić information content (AvgIpc) is 2.39. The van der Waals surface area contributed by atoms with E-state index in [4.69, 9.17) is 10.00 Å². The molecule has 1 N–H and O–H groups in total. The van der Waals surface area contributed by atoms with Gasteiger partial charge in [-0.3, -0.25) is 0 Å². The molecule has 18 heavy (non-hydrogen) atoms. The normalized spacial score (nSPS) is 19.3. The van der Waals surface area contributed by atoms with Crippen LogP contribution in [0.4, 0.5) is 4.39 Å². The van der Waals surface area contributed by atoms with Gasteiger partial charge in [0.25, 0.3) is 0 Å². The van der Waals surface area contributed by atoms with E-state index >= 15 is 0 Å². The van der Waals surface area contributed by atoms with Crippen molar-refractivity contribution in [3.63, 3.8) is 0 Å². The molecule has 1 heterocycles. The quantitative estimate of drug-likeness (QED) is 0.893. The van der Waals surface area contributed by atoms with E-state index in [-0.39, 0.29) is 11.3 Å². The molecule has 1 unspecified atom stereocenters. The third kappa shape index (κ3) is 2.80. The summed E-state index contributed by atoms with van der Waals surface area (Å²) >= 11 is 0.